The van der Waals surface area contributed by atoms with Gasteiger partial charge < -0.3 is 21.1 Å². The molecular weight excluding hydrogens is 334 g/mol. The van der Waals surface area contributed by atoms with Crippen molar-refractivity contribution in [2.45, 2.75) is 45.4 Å². The van der Waals surface area contributed by atoms with E-state index in [-0.39, 0.29) is 25.3 Å². The van der Waals surface area contributed by atoms with Crippen LogP contribution in [0.2, 0.25) is 0 Å². The minimum Gasteiger partial charge on any atom is -0.481 e. The molecule has 0 aromatic heterocycles. The van der Waals surface area contributed by atoms with E-state index in [0.29, 0.717) is 6.54 Å². The summed E-state index contributed by atoms with van der Waals surface area (Å²) in [6.07, 6.45) is 7.39. The molecular formula is C19H29N3O4. The molecule has 0 saturated carbocycles. The van der Waals surface area contributed by atoms with E-state index in [1.165, 1.54) is 11.3 Å². The monoisotopic (exact) mass is 363 g/mol. The van der Waals surface area contributed by atoms with Gasteiger partial charge in [0.1, 0.15) is 6.42 Å². The fourth-order valence-electron chi connectivity index (χ4n) is 2.49. The van der Waals surface area contributed by atoms with E-state index in [4.69, 9.17) is 5.11 Å². The number of rotatable bonds is 11. The van der Waals surface area contributed by atoms with Crippen LogP contribution in [0.15, 0.2) is 35.6 Å². The van der Waals surface area contributed by atoms with Gasteiger partial charge in [0.2, 0.25) is 11.8 Å². The molecule has 0 aromatic rings. The van der Waals surface area contributed by atoms with Gasteiger partial charge in [-0.05, 0) is 38.2 Å². The third-order valence-corrected chi connectivity index (χ3v) is 3.99. The van der Waals surface area contributed by atoms with Gasteiger partial charge in [0.15, 0.2) is 0 Å². The Morgan fingerprint density at radius 2 is 1.88 bits per heavy atom. The van der Waals surface area contributed by atoms with E-state index in [0.717, 1.165) is 37.8 Å². The normalized spacial score (nSPS) is 14.0. The first kappa shape index (κ1) is 21.5. The molecule has 0 bridgehead atoms. The molecule has 0 aromatic carbocycles. The number of hydrogen-bond acceptors (Lipinski definition) is 4. The lowest BCUT2D eigenvalue weighted by atomic mass is 10.0. The molecule has 7 nitrogen and oxygen atoms in total. The molecule has 4 N–H and O–H groups in total. The van der Waals surface area contributed by atoms with Gasteiger partial charge in [-0.15, -0.1) is 0 Å². The lowest BCUT2D eigenvalue weighted by molar-refractivity contribution is -0.136. The summed E-state index contributed by atoms with van der Waals surface area (Å²) in [6.45, 7) is 7.63. The minimum atomic E-state index is -0.991. The summed E-state index contributed by atoms with van der Waals surface area (Å²) in [7, 11) is 0. The first-order valence-electron chi connectivity index (χ1n) is 8.93. The molecule has 1 rings (SSSR count). The zero-order valence-corrected chi connectivity index (χ0v) is 15.4. The van der Waals surface area contributed by atoms with E-state index in [1.807, 2.05) is 6.08 Å². The van der Waals surface area contributed by atoms with Crippen LogP contribution >= 0.6 is 0 Å². The smallest absolute Gasteiger partial charge is 0.305 e. The molecule has 0 aliphatic carbocycles. The van der Waals surface area contributed by atoms with Crippen LogP contribution < -0.4 is 16.0 Å². The molecule has 0 spiro atoms. The van der Waals surface area contributed by atoms with Crippen molar-refractivity contribution in [1.82, 2.24) is 16.0 Å². The summed E-state index contributed by atoms with van der Waals surface area (Å²) in [5.74, 6) is -1.83. The number of carbonyl (C=O) groups is 3. The second-order valence-corrected chi connectivity index (χ2v) is 6.30. The Labute approximate surface area is 154 Å². The van der Waals surface area contributed by atoms with Crippen LogP contribution in [0.25, 0.3) is 0 Å². The fourth-order valence-corrected chi connectivity index (χ4v) is 2.49. The van der Waals surface area contributed by atoms with Crippen molar-refractivity contribution >= 4 is 17.8 Å². The number of carboxylic acid groups (broad SMARTS) is 1. The van der Waals surface area contributed by atoms with Crippen LogP contribution in [0.5, 0.6) is 0 Å². The summed E-state index contributed by atoms with van der Waals surface area (Å²) in [5, 5.41) is 16.9. The summed E-state index contributed by atoms with van der Waals surface area (Å²) in [6, 6.07) is 0. The van der Waals surface area contributed by atoms with Crippen molar-refractivity contribution in [2.75, 3.05) is 19.6 Å². The summed E-state index contributed by atoms with van der Waals surface area (Å²) >= 11 is 0. The molecule has 0 radical (unpaired) electrons. The number of hydrogen-bond donors (Lipinski definition) is 4. The van der Waals surface area contributed by atoms with E-state index < -0.39 is 11.9 Å². The second kappa shape index (κ2) is 11.9. The van der Waals surface area contributed by atoms with Gasteiger partial charge in [-0.2, -0.15) is 0 Å². The van der Waals surface area contributed by atoms with Crippen molar-refractivity contribution in [3.63, 3.8) is 0 Å². The van der Waals surface area contributed by atoms with Gasteiger partial charge in [0, 0.05) is 25.3 Å². The number of allylic oxidation sites excluding steroid dienone is 5. The van der Waals surface area contributed by atoms with E-state index in [2.05, 4.69) is 35.5 Å². The highest BCUT2D eigenvalue weighted by Crippen LogP contribution is 2.16. The maximum absolute atomic E-state index is 11.6. The highest BCUT2D eigenvalue weighted by atomic mass is 16.4. The van der Waals surface area contributed by atoms with Gasteiger partial charge in [0.25, 0.3) is 0 Å². The van der Waals surface area contributed by atoms with Crippen molar-refractivity contribution < 1.29 is 19.5 Å². The Morgan fingerprint density at radius 1 is 1.19 bits per heavy atom. The van der Waals surface area contributed by atoms with Crippen LogP contribution in [0.1, 0.15) is 45.4 Å². The predicted octanol–water partition coefficient (Wildman–Crippen LogP) is 1.63. The van der Waals surface area contributed by atoms with Gasteiger partial charge in [0.05, 0.1) is 6.42 Å². The number of nitrogens with one attached hydrogen (secondary N) is 3. The van der Waals surface area contributed by atoms with Crippen LogP contribution in [-0.4, -0.2) is 42.5 Å². The Hall–Kier alpha value is -2.57. The Bertz CT molecular complexity index is 594. The van der Waals surface area contributed by atoms with Crippen molar-refractivity contribution in [1.29, 1.82) is 0 Å². The average molecular weight is 363 g/mol. The zero-order chi connectivity index (χ0) is 19.4. The van der Waals surface area contributed by atoms with E-state index >= 15 is 0 Å². The molecule has 0 saturated heterocycles. The summed E-state index contributed by atoms with van der Waals surface area (Å²) in [5.41, 5.74) is 3.52. The number of aliphatic carboxylic acids is 1. The van der Waals surface area contributed by atoms with Crippen LogP contribution in [0.4, 0.5) is 0 Å². The number of carboxylic acids is 1. The van der Waals surface area contributed by atoms with Crippen molar-refractivity contribution in [3.05, 3.63) is 35.6 Å². The maximum Gasteiger partial charge on any atom is 0.305 e. The molecule has 0 fully saturated rings. The van der Waals surface area contributed by atoms with Crippen molar-refractivity contribution in [2.24, 2.45) is 0 Å². The summed E-state index contributed by atoms with van der Waals surface area (Å²) < 4.78 is 0. The average Bonchev–Trinajstić information content (AvgIpc) is 2.57. The van der Waals surface area contributed by atoms with E-state index in [9.17, 15) is 14.4 Å². The molecule has 7 heteroatoms. The van der Waals surface area contributed by atoms with Crippen molar-refractivity contribution in [3.8, 4) is 0 Å². The third-order valence-electron chi connectivity index (χ3n) is 3.99. The van der Waals surface area contributed by atoms with Gasteiger partial charge >= 0.3 is 5.97 Å². The molecule has 0 unspecified atom stereocenters. The quantitative estimate of drug-likeness (QED) is 0.254. The third kappa shape index (κ3) is 9.66. The first-order valence-corrected chi connectivity index (χ1v) is 8.93. The Balaban J connectivity index is 2.15. The van der Waals surface area contributed by atoms with Crippen LogP contribution in [0, 0.1) is 0 Å². The highest BCUT2D eigenvalue weighted by molar-refractivity contribution is 5.96. The largest absolute Gasteiger partial charge is 0.481 e. The van der Waals surface area contributed by atoms with Crippen LogP contribution in [-0.2, 0) is 14.4 Å². The lowest BCUT2D eigenvalue weighted by Crippen LogP contribution is -2.33. The number of carbonyl (C=O) groups excluding carboxylic acids is 2. The first-order chi connectivity index (χ1) is 12.4. The molecule has 2 amide bonds. The Kier molecular flexibility index (Phi) is 9.82. The number of amides is 2. The molecule has 1 heterocycles. The molecule has 144 valence electrons. The molecule has 1 aliphatic heterocycles. The fraction of sp³-hybridized carbons (Fsp3) is 0.526. The standard InChI is InChI=1S/C19H29N3O4/c1-14(7-8-16-6-4-10-20-15(16)2)5-3-11-21-17(23)13-18(24)22-12-9-19(25)26/h7-8,20H,1,3-6,9-13H2,2H3,(H,21,23)(H,22,24)(H,25,26)/b8-7-. The molecule has 1 aliphatic rings. The van der Waals surface area contributed by atoms with Gasteiger partial charge in [-0.1, -0.05) is 24.3 Å². The Morgan fingerprint density at radius 3 is 2.54 bits per heavy atom. The van der Waals surface area contributed by atoms with Crippen LogP contribution in [0.3, 0.4) is 0 Å². The van der Waals surface area contributed by atoms with Gasteiger partial charge in [-0.3, -0.25) is 14.4 Å². The summed E-state index contributed by atoms with van der Waals surface area (Å²) in [4.78, 5) is 33.4. The SMILES string of the molecule is C=C(/C=C\C1=C(C)NCCC1)CCCNC(=O)CC(=O)NCCC(=O)O. The highest BCUT2D eigenvalue weighted by Gasteiger charge is 2.09. The van der Waals surface area contributed by atoms with Gasteiger partial charge in [-0.25, -0.2) is 0 Å². The van der Waals surface area contributed by atoms with E-state index in [1.54, 1.807) is 0 Å². The minimum absolute atomic E-state index is 0.0268. The predicted molar refractivity (Wildman–Crippen MR) is 100 cm³/mol. The lowest BCUT2D eigenvalue weighted by Gasteiger charge is -2.17. The molecule has 26 heavy (non-hydrogen) atoms. The molecule has 0 atom stereocenters. The topological polar surface area (TPSA) is 108 Å². The maximum atomic E-state index is 11.6. The second-order valence-electron chi connectivity index (χ2n) is 6.30. The zero-order valence-electron chi connectivity index (χ0n) is 15.4.